The van der Waals surface area contributed by atoms with Gasteiger partial charge in [-0.25, -0.2) is 4.39 Å². The number of aliphatic hydroxyl groups excluding tert-OH is 1. The van der Waals surface area contributed by atoms with E-state index in [4.69, 9.17) is 0 Å². The second-order valence-electron chi connectivity index (χ2n) is 11.3. The van der Waals surface area contributed by atoms with Gasteiger partial charge >= 0.3 is 12.4 Å². The standard InChI is InChI=1S/C28H33F7O2/c1-17-19(15-20(36)16-22(17)29)7-6-18-5-3-10-24(2)21(18)8-9-23(24)25(13-14-25)11-4-12-26(37,27(30,31)32)28(33,34)35/h4,6-7,9,12,20-22,36-37H,1,3,5,8,10-11,13-16H2,2H3/b12-4-,18-6+,19-7-/t20-,21+,22+,24?/m1/s1. The maximum Gasteiger partial charge on any atom is 0.429 e. The Morgan fingerprint density at radius 1 is 1.08 bits per heavy atom. The topological polar surface area (TPSA) is 40.5 Å². The van der Waals surface area contributed by atoms with Gasteiger partial charge in [-0.05, 0) is 85.3 Å². The Bertz CT molecular complexity index is 1030. The van der Waals surface area contributed by atoms with Gasteiger partial charge < -0.3 is 10.2 Å². The van der Waals surface area contributed by atoms with Crippen LogP contribution in [0.15, 0.2) is 59.3 Å². The van der Waals surface area contributed by atoms with Crippen molar-refractivity contribution < 1.29 is 40.9 Å². The van der Waals surface area contributed by atoms with Crippen molar-refractivity contribution in [2.45, 2.75) is 94.9 Å². The highest BCUT2D eigenvalue weighted by Gasteiger charge is 2.69. The molecule has 1 unspecified atom stereocenters. The van der Waals surface area contributed by atoms with E-state index in [-0.39, 0.29) is 30.3 Å². The van der Waals surface area contributed by atoms with Gasteiger partial charge in [-0.1, -0.05) is 49.0 Å². The highest BCUT2D eigenvalue weighted by molar-refractivity contribution is 5.42. The van der Waals surface area contributed by atoms with Crippen LogP contribution < -0.4 is 0 Å². The molecule has 0 aromatic rings. The van der Waals surface area contributed by atoms with Crippen molar-refractivity contribution in [2.75, 3.05) is 0 Å². The Morgan fingerprint density at radius 2 is 1.73 bits per heavy atom. The fraction of sp³-hybridized carbons (Fsp3) is 0.643. The summed E-state index contributed by atoms with van der Waals surface area (Å²) in [5, 5.41) is 19.4. The van der Waals surface area contributed by atoms with Crippen LogP contribution in [-0.2, 0) is 0 Å². The van der Waals surface area contributed by atoms with Gasteiger partial charge in [-0.15, -0.1) is 0 Å². The molecule has 4 rings (SSSR count). The van der Waals surface area contributed by atoms with Crippen LogP contribution >= 0.6 is 0 Å². The van der Waals surface area contributed by atoms with Gasteiger partial charge in [0, 0.05) is 6.42 Å². The van der Waals surface area contributed by atoms with Gasteiger partial charge in [0.25, 0.3) is 5.60 Å². The number of hydrogen-bond acceptors (Lipinski definition) is 2. The third kappa shape index (κ3) is 4.98. The maximum absolute atomic E-state index is 14.1. The van der Waals surface area contributed by atoms with E-state index in [2.05, 4.69) is 19.6 Å². The van der Waals surface area contributed by atoms with Crippen molar-refractivity contribution >= 4 is 0 Å². The first-order chi connectivity index (χ1) is 17.0. The Kier molecular flexibility index (Phi) is 7.15. The minimum Gasteiger partial charge on any atom is -0.393 e. The molecule has 4 atom stereocenters. The first-order valence-corrected chi connectivity index (χ1v) is 12.7. The molecule has 0 bridgehead atoms. The molecule has 2 nitrogen and oxygen atoms in total. The summed E-state index contributed by atoms with van der Waals surface area (Å²) < 4.78 is 92.5. The summed E-state index contributed by atoms with van der Waals surface area (Å²) in [4.78, 5) is 0. The molecule has 206 valence electrons. The summed E-state index contributed by atoms with van der Waals surface area (Å²) >= 11 is 0. The summed E-state index contributed by atoms with van der Waals surface area (Å²) in [6, 6.07) is 0. The molecule has 0 aliphatic heterocycles. The van der Waals surface area contributed by atoms with E-state index in [0.29, 0.717) is 30.4 Å². The second kappa shape index (κ2) is 9.40. The quantitative estimate of drug-likeness (QED) is 0.282. The zero-order chi connectivity index (χ0) is 27.4. The van der Waals surface area contributed by atoms with Gasteiger partial charge in [-0.3, -0.25) is 0 Å². The van der Waals surface area contributed by atoms with Crippen molar-refractivity contribution in [1.82, 2.24) is 0 Å². The Balaban J connectivity index is 1.53. The monoisotopic (exact) mass is 534 g/mol. The van der Waals surface area contributed by atoms with Crippen LogP contribution in [0.4, 0.5) is 30.7 Å². The van der Waals surface area contributed by atoms with Gasteiger partial charge in [0.15, 0.2) is 0 Å². The van der Waals surface area contributed by atoms with Crippen LogP contribution in [-0.4, -0.2) is 40.4 Å². The van der Waals surface area contributed by atoms with Crippen LogP contribution in [0.3, 0.4) is 0 Å². The molecule has 0 saturated heterocycles. The van der Waals surface area contributed by atoms with Crippen molar-refractivity contribution in [2.24, 2.45) is 16.7 Å². The van der Waals surface area contributed by atoms with E-state index in [1.54, 1.807) is 0 Å². The van der Waals surface area contributed by atoms with E-state index in [0.717, 1.165) is 37.3 Å². The Hall–Kier alpha value is -1.87. The van der Waals surface area contributed by atoms with Crippen LogP contribution in [0.1, 0.15) is 64.7 Å². The highest BCUT2D eigenvalue weighted by atomic mass is 19.4. The molecular formula is C28H33F7O2. The number of alkyl halides is 7. The normalized spacial score (nSPS) is 34.8. The number of fused-ring (bicyclic) bond motifs is 1. The molecule has 0 radical (unpaired) electrons. The van der Waals surface area contributed by atoms with Gasteiger partial charge in [-0.2, -0.15) is 26.3 Å². The minimum absolute atomic E-state index is 0.00564. The lowest BCUT2D eigenvalue weighted by atomic mass is 9.61. The number of aliphatic hydroxyl groups is 2. The number of rotatable bonds is 5. The molecule has 4 aliphatic carbocycles. The molecular weight excluding hydrogens is 501 g/mol. The summed E-state index contributed by atoms with van der Waals surface area (Å²) in [5.74, 6) is 0.139. The molecule has 2 N–H and O–H groups in total. The lowest BCUT2D eigenvalue weighted by Gasteiger charge is -2.43. The van der Waals surface area contributed by atoms with E-state index in [1.807, 2.05) is 12.2 Å². The fourth-order valence-electron chi connectivity index (χ4n) is 6.61. The first kappa shape index (κ1) is 28.1. The van der Waals surface area contributed by atoms with Crippen LogP contribution in [0.5, 0.6) is 0 Å². The smallest absolute Gasteiger partial charge is 0.393 e. The molecule has 3 saturated carbocycles. The van der Waals surface area contributed by atoms with Crippen molar-refractivity contribution in [3.05, 3.63) is 59.3 Å². The molecule has 0 heterocycles. The van der Waals surface area contributed by atoms with E-state index < -0.39 is 35.6 Å². The summed E-state index contributed by atoms with van der Waals surface area (Å²) in [7, 11) is 0. The van der Waals surface area contributed by atoms with Crippen LogP contribution in [0.25, 0.3) is 0 Å². The van der Waals surface area contributed by atoms with E-state index >= 15 is 0 Å². The molecule has 0 aromatic heterocycles. The number of hydrogen-bond donors (Lipinski definition) is 2. The van der Waals surface area contributed by atoms with Gasteiger partial charge in [0.2, 0.25) is 0 Å². The van der Waals surface area contributed by atoms with Gasteiger partial charge in [0.1, 0.15) is 6.17 Å². The van der Waals surface area contributed by atoms with Crippen LogP contribution in [0.2, 0.25) is 0 Å². The molecule has 0 spiro atoms. The SMILES string of the molecule is C=C1/C(=C\C=C2/CCCC3(C)C(C4(C/C=C\C(O)(C(F)(F)F)C(F)(F)F)CC4)=CC[C@@H]23)C[C@@H](O)C[C@@H]1F. The Morgan fingerprint density at radius 3 is 2.32 bits per heavy atom. The fourth-order valence-corrected chi connectivity index (χ4v) is 6.61. The number of halogens is 7. The molecule has 3 fully saturated rings. The predicted molar refractivity (Wildman–Crippen MR) is 126 cm³/mol. The maximum atomic E-state index is 14.1. The molecule has 0 amide bonds. The zero-order valence-electron chi connectivity index (χ0n) is 20.7. The van der Waals surface area contributed by atoms with Crippen LogP contribution in [0, 0.1) is 16.7 Å². The average molecular weight is 535 g/mol. The third-order valence-corrected chi connectivity index (χ3v) is 8.93. The summed E-state index contributed by atoms with van der Waals surface area (Å²) in [6.07, 6.45) is -2.17. The van der Waals surface area contributed by atoms with Gasteiger partial charge in [0.05, 0.1) is 6.10 Å². The third-order valence-electron chi connectivity index (χ3n) is 8.93. The minimum atomic E-state index is -5.87. The highest BCUT2D eigenvalue weighted by Crippen LogP contribution is 2.67. The van der Waals surface area contributed by atoms with Crippen molar-refractivity contribution in [3.63, 3.8) is 0 Å². The van der Waals surface area contributed by atoms with E-state index in [9.17, 15) is 40.9 Å². The largest absolute Gasteiger partial charge is 0.429 e. The molecule has 0 aromatic carbocycles. The molecule has 37 heavy (non-hydrogen) atoms. The predicted octanol–water partition coefficient (Wildman–Crippen LogP) is 7.61. The second-order valence-corrected chi connectivity index (χ2v) is 11.3. The first-order valence-electron chi connectivity index (χ1n) is 12.7. The van der Waals surface area contributed by atoms with Crippen molar-refractivity contribution in [1.29, 1.82) is 0 Å². The molecule has 4 aliphatic rings. The van der Waals surface area contributed by atoms with E-state index in [1.165, 1.54) is 5.57 Å². The Labute approximate surface area is 212 Å². The zero-order valence-corrected chi connectivity index (χ0v) is 20.7. The number of allylic oxidation sites excluding steroid dienone is 7. The lowest BCUT2D eigenvalue weighted by Crippen LogP contribution is -2.55. The van der Waals surface area contributed by atoms with Crippen molar-refractivity contribution in [3.8, 4) is 0 Å². The lowest BCUT2D eigenvalue weighted by molar-refractivity contribution is -0.347. The summed E-state index contributed by atoms with van der Waals surface area (Å²) in [5.41, 5.74) is -2.33. The summed E-state index contributed by atoms with van der Waals surface area (Å²) in [6.45, 7) is 5.94. The molecule has 9 heteroatoms. The average Bonchev–Trinajstić information content (AvgIpc) is 3.46.